The maximum atomic E-state index is 12.7. The molecule has 76 valence electrons. The molecule has 0 atom stereocenters. The summed E-state index contributed by atoms with van der Waals surface area (Å²) in [5, 5.41) is 0. The summed E-state index contributed by atoms with van der Waals surface area (Å²) in [6, 6.07) is 0.259. The number of benzene rings is 1. The lowest BCUT2D eigenvalue weighted by molar-refractivity contribution is -0.132. The summed E-state index contributed by atoms with van der Waals surface area (Å²) in [5.74, 6) is -9.26. The van der Waals surface area contributed by atoms with Gasteiger partial charge < -0.3 is 4.74 Å². The van der Waals surface area contributed by atoms with E-state index in [1.807, 2.05) is 0 Å². The summed E-state index contributed by atoms with van der Waals surface area (Å²) in [6.07, 6.45) is 0. The van der Waals surface area contributed by atoms with Crippen molar-refractivity contribution in [3.8, 4) is 5.75 Å². The minimum atomic E-state index is -2.01. The van der Waals surface area contributed by atoms with Crippen molar-refractivity contribution < 1.29 is 27.1 Å². The van der Waals surface area contributed by atoms with Gasteiger partial charge in [-0.15, -0.1) is 0 Å². The number of carbonyl (C=O) groups is 1. The molecular formula is C8H4F4O2. The molecule has 0 radical (unpaired) electrons. The molecule has 2 nitrogen and oxygen atoms in total. The molecule has 0 saturated heterocycles. The van der Waals surface area contributed by atoms with E-state index in [0.29, 0.717) is 0 Å². The maximum absolute atomic E-state index is 12.7. The highest BCUT2D eigenvalue weighted by atomic mass is 19.2. The van der Waals surface area contributed by atoms with E-state index >= 15 is 0 Å². The third-order valence-electron chi connectivity index (χ3n) is 1.32. The number of carbonyl (C=O) groups excluding carboxylic acids is 1. The molecule has 6 heteroatoms. The van der Waals surface area contributed by atoms with Crippen molar-refractivity contribution in [1.82, 2.24) is 0 Å². The number of esters is 1. The molecule has 1 aromatic rings. The topological polar surface area (TPSA) is 26.3 Å². The minimum absolute atomic E-state index is 0.259. The number of halogens is 4. The van der Waals surface area contributed by atoms with Crippen molar-refractivity contribution in [2.45, 2.75) is 6.92 Å². The lowest BCUT2D eigenvalue weighted by atomic mass is 10.3. The van der Waals surface area contributed by atoms with Gasteiger partial charge in [0.05, 0.1) is 0 Å². The van der Waals surface area contributed by atoms with Crippen LogP contribution >= 0.6 is 0 Å². The molecule has 0 N–H and O–H groups in total. The first-order valence-corrected chi connectivity index (χ1v) is 3.45. The molecule has 0 unspecified atom stereocenters. The predicted molar refractivity (Wildman–Crippen MR) is 37.6 cm³/mol. The van der Waals surface area contributed by atoms with Gasteiger partial charge in [-0.3, -0.25) is 4.79 Å². The molecule has 0 heterocycles. The first-order chi connectivity index (χ1) is 6.43. The summed E-state index contributed by atoms with van der Waals surface area (Å²) in [5.41, 5.74) is 0. The highest BCUT2D eigenvalue weighted by Crippen LogP contribution is 2.24. The van der Waals surface area contributed by atoms with Gasteiger partial charge in [-0.05, 0) is 0 Å². The van der Waals surface area contributed by atoms with Crippen LogP contribution in [0.3, 0.4) is 0 Å². The third kappa shape index (κ3) is 1.84. The largest absolute Gasteiger partial charge is 0.423 e. The Balaban J connectivity index is 3.25. The van der Waals surface area contributed by atoms with E-state index in [9.17, 15) is 22.4 Å². The second kappa shape index (κ2) is 3.65. The number of rotatable bonds is 1. The van der Waals surface area contributed by atoms with Crippen molar-refractivity contribution >= 4 is 5.97 Å². The molecule has 0 saturated carbocycles. The Bertz CT molecular complexity index is 389. The maximum Gasteiger partial charge on any atom is 0.308 e. The highest BCUT2D eigenvalue weighted by molar-refractivity contribution is 5.69. The van der Waals surface area contributed by atoms with E-state index < -0.39 is 35.0 Å². The molecule has 1 aromatic carbocycles. The normalized spacial score (nSPS) is 10.1. The number of ether oxygens (including phenoxy) is 1. The second-order valence-electron chi connectivity index (χ2n) is 2.39. The zero-order valence-corrected chi connectivity index (χ0v) is 6.91. The monoisotopic (exact) mass is 208 g/mol. The molecule has 1 rings (SSSR count). The van der Waals surface area contributed by atoms with E-state index in [1.54, 1.807) is 0 Å². The van der Waals surface area contributed by atoms with Crippen LogP contribution in [0.5, 0.6) is 5.75 Å². The van der Waals surface area contributed by atoms with Gasteiger partial charge in [-0.2, -0.15) is 4.39 Å². The smallest absolute Gasteiger partial charge is 0.308 e. The molecule has 14 heavy (non-hydrogen) atoms. The SMILES string of the molecule is CC(=O)Oc1cc(F)c(F)c(F)c1F. The van der Waals surface area contributed by atoms with Crippen LogP contribution in [0.4, 0.5) is 17.6 Å². The van der Waals surface area contributed by atoms with Crippen LogP contribution in [-0.4, -0.2) is 5.97 Å². The predicted octanol–water partition coefficient (Wildman–Crippen LogP) is 2.17. The Labute approximate surface area is 76.1 Å². The van der Waals surface area contributed by atoms with Crippen LogP contribution in [0, 0.1) is 23.3 Å². The zero-order valence-electron chi connectivity index (χ0n) is 6.91. The average molecular weight is 208 g/mol. The van der Waals surface area contributed by atoms with Crippen molar-refractivity contribution in [2.24, 2.45) is 0 Å². The lowest BCUT2D eigenvalue weighted by Gasteiger charge is -2.04. The van der Waals surface area contributed by atoms with Crippen LogP contribution in [0.2, 0.25) is 0 Å². The van der Waals surface area contributed by atoms with Gasteiger partial charge in [0.25, 0.3) is 0 Å². The fraction of sp³-hybridized carbons (Fsp3) is 0.125. The standard InChI is InChI=1S/C8H4F4O2/c1-3(13)14-5-2-4(9)6(10)8(12)7(5)11/h2H,1H3. The Morgan fingerprint density at radius 1 is 1.14 bits per heavy atom. The number of hydrogen-bond acceptors (Lipinski definition) is 2. The Morgan fingerprint density at radius 3 is 2.21 bits per heavy atom. The quantitative estimate of drug-likeness (QED) is 0.232. The van der Waals surface area contributed by atoms with Gasteiger partial charge in [-0.1, -0.05) is 0 Å². The fourth-order valence-electron chi connectivity index (χ4n) is 0.780. The minimum Gasteiger partial charge on any atom is -0.423 e. The van der Waals surface area contributed by atoms with Crippen molar-refractivity contribution in [2.75, 3.05) is 0 Å². The fourth-order valence-corrected chi connectivity index (χ4v) is 0.780. The van der Waals surface area contributed by atoms with E-state index in [-0.39, 0.29) is 6.07 Å². The molecule has 0 aliphatic heterocycles. The number of hydrogen-bond donors (Lipinski definition) is 0. The first kappa shape index (κ1) is 10.5. The molecule has 0 aromatic heterocycles. The molecule has 0 aliphatic carbocycles. The molecule has 0 spiro atoms. The van der Waals surface area contributed by atoms with E-state index in [4.69, 9.17) is 0 Å². The van der Waals surface area contributed by atoms with Gasteiger partial charge in [0, 0.05) is 13.0 Å². The Morgan fingerprint density at radius 2 is 1.71 bits per heavy atom. The molecule has 0 bridgehead atoms. The van der Waals surface area contributed by atoms with Crippen molar-refractivity contribution in [3.05, 3.63) is 29.3 Å². The van der Waals surface area contributed by atoms with Gasteiger partial charge in [0.2, 0.25) is 11.6 Å². The van der Waals surface area contributed by atoms with Crippen LogP contribution in [0.15, 0.2) is 6.07 Å². The zero-order chi connectivity index (χ0) is 10.9. The molecule has 0 amide bonds. The van der Waals surface area contributed by atoms with Crippen molar-refractivity contribution in [3.63, 3.8) is 0 Å². The summed E-state index contributed by atoms with van der Waals surface area (Å²) in [7, 11) is 0. The van der Waals surface area contributed by atoms with Crippen LogP contribution in [-0.2, 0) is 4.79 Å². The summed E-state index contributed by atoms with van der Waals surface area (Å²) in [4.78, 5) is 10.3. The lowest BCUT2D eigenvalue weighted by Crippen LogP contribution is -2.06. The Kier molecular flexibility index (Phi) is 2.73. The van der Waals surface area contributed by atoms with E-state index in [2.05, 4.69) is 4.74 Å². The summed E-state index contributed by atoms with van der Waals surface area (Å²) >= 11 is 0. The van der Waals surface area contributed by atoms with Gasteiger partial charge in [0.1, 0.15) is 0 Å². The van der Waals surface area contributed by atoms with Crippen LogP contribution in [0.25, 0.3) is 0 Å². The highest BCUT2D eigenvalue weighted by Gasteiger charge is 2.20. The molecule has 0 aliphatic rings. The van der Waals surface area contributed by atoms with Gasteiger partial charge in [-0.25, -0.2) is 13.2 Å². The summed E-state index contributed by atoms with van der Waals surface area (Å²) < 4.78 is 54.2. The molecular weight excluding hydrogens is 204 g/mol. The van der Waals surface area contributed by atoms with Crippen molar-refractivity contribution in [1.29, 1.82) is 0 Å². The second-order valence-corrected chi connectivity index (χ2v) is 2.39. The van der Waals surface area contributed by atoms with E-state index in [0.717, 1.165) is 6.92 Å². The summed E-state index contributed by atoms with van der Waals surface area (Å²) in [6.45, 7) is 0.915. The third-order valence-corrected chi connectivity index (χ3v) is 1.32. The average Bonchev–Trinajstić information content (AvgIpc) is 2.10. The Hall–Kier alpha value is -1.59. The van der Waals surface area contributed by atoms with Gasteiger partial charge >= 0.3 is 5.97 Å². The van der Waals surface area contributed by atoms with E-state index in [1.165, 1.54) is 0 Å². The van der Waals surface area contributed by atoms with Crippen LogP contribution < -0.4 is 4.74 Å². The molecule has 0 fully saturated rings. The van der Waals surface area contributed by atoms with Gasteiger partial charge in [0.15, 0.2) is 17.4 Å². The first-order valence-electron chi connectivity index (χ1n) is 3.45. The van der Waals surface area contributed by atoms with Crippen LogP contribution in [0.1, 0.15) is 6.92 Å².